The number of aromatic nitrogens is 2. The standard InChI is InChI=1S/C18H24N4O2S/c1-24-10-3-8-21-7-2-5-18(17(21)23)6-9-22(12-18)16-15-14(4-11-25-15)19-13-20-16/h4,11,13H,2-3,5-10,12H2,1H3/t18-/m1/s1. The highest BCUT2D eigenvalue weighted by atomic mass is 32.1. The number of piperidine rings is 1. The lowest BCUT2D eigenvalue weighted by Crippen LogP contribution is -2.50. The second-order valence-corrected chi connectivity index (χ2v) is 7.94. The first-order chi connectivity index (χ1) is 12.2. The summed E-state index contributed by atoms with van der Waals surface area (Å²) in [5, 5.41) is 2.05. The number of carbonyl (C=O) groups is 1. The van der Waals surface area contributed by atoms with Gasteiger partial charge in [0.15, 0.2) is 0 Å². The fourth-order valence-electron chi connectivity index (χ4n) is 4.20. The third kappa shape index (κ3) is 3.00. The molecule has 4 rings (SSSR count). The van der Waals surface area contributed by atoms with E-state index >= 15 is 0 Å². The smallest absolute Gasteiger partial charge is 0.230 e. The fraction of sp³-hybridized carbons (Fsp3) is 0.611. The van der Waals surface area contributed by atoms with Crippen LogP contribution in [0.1, 0.15) is 25.7 Å². The number of likely N-dealkylation sites (tertiary alicyclic amines) is 1. The molecule has 0 N–H and O–H groups in total. The molecule has 2 aromatic rings. The first-order valence-electron chi connectivity index (χ1n) is 8.95. The molecule has 1 spiro atoms. The van der Waals surface area contributed by atoms with Crippen LogP contribution < -0.4 is 4.90 Å². The van der Waals surface area contributed by atoms with Crippen molar-refractivity contribution in [2.75, 3.05) is 44.8 Å². The average molecular weight is 360 g/mol. The molecule has 0 aliphatic carbocycles. The molecule has 25 heavy (non-hydrogen) atoms. The quantitative estimate of drug-likeness (QED) is 0.767. The summed E-state index contributed by atoms with van der Waals surface area (Å²) in [6, 6.07) is 2.03. The van der Waals surface area contributed by atoms with Crippen LogP contribution in [0.3, 0.4) is 0 Å². The van der Waals surface area contributed by atoms with Gasteiger partial charge in [0.25, 0.3) is 0 Å². The highest BCUT2D eigenvalue weighted by molar-refractivity contribution is 7.17. The highest BCUT2D eigenvalue weighted by Gasteiger charge is 2.48. The van der Waals surface area contributed by atoms with Gasteiger partial charge in [-0.2, -0.15) is 0 Å². The van der Waals surface area contributed by atoms with E-state index in [1.54, 1.807) is 24.8 Å². The van der Waals surface area contributed by atoms with Crippen molar-refractivity contribution in [2.24, 2.45) is 5.41 Å². The number of nitrogens with zero attached hydrogens (tertiary/aromatic N) is 4. The fourth-order valence-corrected chi connectivity index (χ4v) is 5.06. The zero-order chi connectivity index (χ0) is 17.3. The molecule has 6 nitrogen and oxygen atoms in total. The Labute approximate surface area is 151 Å². The molecule has 2 aliphatic heterocycles. The Balaban J connectivity index is 1.52. The lowest BCUT2D eigenvalue weighted by Gasteiger charge is -2.39. The van der Waals surface area contributed by atoms with Crippen molar-refractivity contribution in [2.45, 2.75) is 25.7 Å². The minimum atomic E-state index is -0.236. The third-order valence-corrected chi connectivity index (χ3v) is 6.38. The van der Waals surface area contributed by atoms with Crippen LogP contribution in [0.15, 0.2) is 17.8 Å². The molecule has 0 aromatic carbocycles. The van der Waals surface area contributed by atoms with E-state index in [4.69, 9.17) is 4.74 Å². The summed E-state index contributed by atoms with van der Waals surface area (Å²) in [5.41, 5.74) is 0.756. The molecular formula is C18H24N4O2S. The molecule has 0 radical (unpaired) electrons. The third-order valence-electron chi connectivity index (χ3n) is 5.48. The van der Waals surface area contributed by atoms with Crippen LogP contribution in [0.25, 0.3) is 10.2 Å². The summed E-state index contributed by atoms with van der Waals surface area (Å²) < 4.78 is 6.26. The molecule has 2 fully saturated rings. The van der Waals surface area contributed by atoms with Gasteiger partial charge in [0.2, 0.25) is 5.91 Å². The predicted octanol–water partition coefficient (Wildman–Crippen LogP) is 2.55. The van der Waals surface area contributed by atoms with Crippen molar-refractivity contribution >= 4 is 33.3 Å². The van der Waals surface area contributed by atoms with E-state index in [9.17, 15) is 4.79 Å². The number of carbonyl (C=O) groups excluding carboxylic acids is 1. The van der Waals surface area contributed by atoms with E-state index < -0.39 is 0 Å². The van der Waals surface area contributed by atoms with Crippen LogP contribution in [-0.2, 0) is 9.53 Å². The average Bonchev–Trinajstić information content (AvgIpc) is 3.26. The van der Waals surface area contributed by atoms with Gasteiger partial charge in [-0.15, -0.1) is 11.3 Å². The summed E-state index contributed by atoms with van der Waals surface area (Å²) in [6.45, 7) is 4.06. The number of hydrogen-bond acceptors (Lipinski definition) is 6. The van der Waals surface area contributed by atoms with Gasteiger partial charge in [0, 0.05) is 39.9 Å². The monoisotopic (exact) mass is 360 g/mol. The number of thiophene rings is 1. The van der Waals surface area contributed by atoms with Crippen molar-refractivity contribution in [1.82, 2.24) is 14.9 Å². The molecule has 1 atom stereocenters. The summed E-state index contributed by atoms with van der Waals surface area (Å²) in [7, 11) is 1.71. The van der Waals surface area contributed by atoms with E-state index in [0.29, 0.717) is 12.5 Å². The molecule has 2 aliphatic rings. The van der Waals surface area contributed by atoms with Crippen LogP contribution in [0.5, 0.6) is 0 Å². The molecule has 0 unspecified atom stereocenters. The second-order valence-electron chi connectivity index (χ2n) is 7.03. The summed E-state index contributed by atoms with van der Waals surface area (Å²) in [4.78, 5) is 26.4. The van der Waals surface area contributed by atoms with E-state index in [2.05, 4.69) is 20.2 Å². The Morgan fingerprint density at radius 1 is 1.32 bits per heavy atom. The lowest BCUT2D eigenvalue weighted by molar-refractivity contribution is -0.145. The van der Waals surface area contributed by atoms with E-state index in [0.717, 1.165) is 67.9 Å². The van der Waals surface area contributed by atoms with Crippen LogP contribution in [-0.4, -0.2) is 60.7 Å². The van der Waals surface area contributed by atoms with Crippen LogP contribution >= 0.6 is 11.3 Å². The minimum absolute atomic E-state index is 0.236. The van der Waals surface area contributed by atoms with E-state index in [1.807, 2.05) is 11.0 Å². The van der Waals surface area contributed by atoms with Crippen molar-refractivity contribution in [3.8, 4) is 0 Å². The van der Waals surface area contributed by atoms with Crippen molar-refractivity contribution < 1.29 is 9.53 Å². The number of rotatable bonds is 5. The molecule has 1 amide bonds. The first-order valence-corrected chi connectivity index (χ1v) is 9.83. The zero-order valence-electron chi connectivity index (χ0n) is 14.6. The largest absolute Gasteiger partial charge is 0.385 e. The topological polar surface area (TPSA) is 58.6 Å². The maximum atomic E-state index is 13.2. The van der Waals surface area contributed by atoms with Gasteiger partial charge in [0.05, 0.1) is 15.6 Å². The van der Waals surface area contributed by atoms with Gasteiger partial charge in [-0.25, -0.2) is 9.97 Å². The first kappa shape index (κ1) is 16.7. The number of fused-ring (bicyclic) bond motifs is 1. The number of methoxy groups -OCH3 is 1. The summed E-state index contributed by atoms with van der Waals surface area (Å²) >= 11 is 1.67. The molecule has 0 bridgehead atoms. The van der Waals surface area contributed by atoms with Crippen molar-refractivity contribution in [3.63, 3.8) is 0 Å². The molecule has 134 valence electrons. The Bertz CT molecular complexity index is 764. The van der Waals surface area contributed by atoms with E-state index in [1.165, 1.54) is 0 Å². The molecule has 2 saturated heterocycles. The number of anilines is 1. The summed E-state index contributed by atoms with van der Waals surface area (Å²) in [6.07, 6.45) is 5.54. The van der Waals surface area contributed by atoms with Crippen LogP contribution in [0, 0.1) is 5.41 Å². The second kappa shape index (κ2) is 6.88. The molecule has 7 heteroatoms. The number of hydrogen-bond donors (Lipinski definition) is 0. The van der Waals surface area contributed by atoms with Crippen LogP contribution in [0.4, 0.5) is 5.82 Å². The predicted molar refractivity (Wildman–Crippen MR) is 99.0 cm³/mol. The van der Waals surface area contributed by atoms with Gasteiger partial charge < -0.3 is 14.5 Å². The lowest BCUT2D eigenvalue weighted by atomic mass is 9.78. The Hall–Kier alpha value is -1.73. The van der Waals surface area contributed by atoms with Gasteiger partial charge >= 0.3 is 0 Å². The Kier molecular flexibility index (Phi) is 4.60. The highest BCUT2D eigenvalue weighted by Crippen LogP contribution is 2.42. The van der Waals surface area contributed by atoms with Gasteiger partial charge in [-0.05, 0) is 37.1 Å². The number of amides is 1. The van der Waals surface area contributed by atoms with Gasteiger partial charge in [-0.1, -0.05) is 0 Å². The maximum Gasteiger partial charge on any atom is 0.230 e. The number of ether oxygens (including phenoxy) is 1. The molecule has 0 saturated carbocycles. The Morgan fingerprint density at radius 3 is 3.12 bits per heavy atom. The normalized spacial score (nSPS) is 24.0. The van der Waals surface area contributed by atoms with Crippen LogP contribution in [0.2, 0.25) is 0 Å². The van der Waals surface area contributed by atoms with E-state index in [-0.39, 0.29) is 5.41 Å². The molecule has 2 aromatic heterocycles. The van der Waals surface area contributed by atoms with Gasteiger partial charge in [0.1, 0.15) is 12.1 Å². The zero-order valence-corrected chi connectivity index (χ0v) is 15.4. The SMILES string of the molecule is COCCCN1CCC[C@]2(CCN(c3ncnc4ccsc34)C2)C1=O. The van der Waals surface area contributed by atoms with Gasteiger partial charge in [-0.3, -0.25) is 4.79 Å². The van der Waals surface area contributed by atoms with Crippen molar-refractivity contribution in [1.29, 1.82) is 0 Å². The molecule has 4 heterocycles. The molecular weight excluding hydrogens is 336 g/mol. The summed E-state index contributed by atoms with van der Waals surface area (Å²) in [5.74, 6) is 1.31. The minimum Gasteiger partial charge on any atom is -0.385 e. The maximum absolute atomic E-state index is 13.2. The Morgan fingerprint density at radius 2 is 2.24 bits per heavy atom. The van der Waals surface area contributed by atoms with Crippen molar-refractivity contribution in [3.05, 3.63) is 17.8 Å².